The van der Waals surface area contributed by atoms with E-state index in [0.29, 0.717) is 5.69 Å². The van der Waals surface area contributed by atoms with Crippen LogP contribution in [0.1, 0.15) is 25.1 Å². The van der Waals surface area contributed by atoms with Crippen LogP contribution in [0.15, 0.2) is 58.2 Å². The van der Waals surface area contributed by atoms with Gasteiger partial charge in [-0.15, -0.1) is 0 Å². The van der Waals surface area contributed by atoms with Gasteiger partial charge in [0.1, 0.15) is 18.3 Å². The molecule has 0 aliphatic heterocycles. The SMILES string of the molecule is Cc1ccc2nc(COC(=O)[C@@H](NS(=O)(=O)c3ccc(Br)cc3)C(C)C)cn2c1. The lowest BCUT2D eigenvalue weighted by Crippen LogP contribution is -2.45. The van der Waals surface area contributed by atoms with Gasteiger partial charge in [-0.05, 0) is 48.7 Å². The number of rotatable bonds is 7. The Morgan fingerprint density at radius 1 is 1.17 bits per heavy atom. The van der Waals surface area contributed by atoms with Gasteiger partial charge < -0.3 is 9.14 Å². The van der Waals surface area contributed by atoms with Crippen LogP contribution in [0.3, 0.4) is 0 Å². The molecule has 0 radical (unpaired) electrons. The number of aromatic nitrogens is 2. The van der Waals surface area contributed by atoms with Crippen molar-refractivity contribution >= 4 is 37.6 Å². The maximum Gasteiger partial charge on any atom is 0.324 e. The van der Waals surface area contributed by atoms with E-state index < -0.39 is 22.0 Å². The number of nitrogens with one attached hydrogen (secondary N) is 1. The van der Waals surface area contributed by atoms with Crippen LogP contribution in [0.25, 0.3) is 5.65 Å². The van der Waals surface area contributed by atoms with E-state index in [9.17, 15) is 13.2 Å². The standard InChI is InChI=1S/C20H22BrN3O4S/c1-13(2)19(23-29(26,27)17-7-5-15(21)6-8-17)20(25)28-12-16-11-24-10-14(3)4-9-18(24)22-16/h4-11,13,19,23H,12H2,1-3H3/t19-/m0/s1. The largest absolute Gasteiger partial charge is 0.458 e. The van der Waals surface area contributed by atoms with Crippen LogP contribution in [-0.2, 0) is 26.2 Å². The number of carbonyl (C=O) groups is 1. The third-order valence-corrected chi connectivity index (χ3v) is 6.32. The van der Waals surface area contributed by atoms with E-state index in [1.807, 2.05) is 29.7 Å². The summed E-state index contributed by atoms with van der Waals surface area (Å²) in [4.78, 5) is 17.1. The minimum Gasteiger partial charge on any atom is -0.458 e. The number of imidazole rings is 1. The summed E-state index contributed by atoms with van der Waals surface area (Å²) in [5.74, 6) is -0.939. The van der Waals surface area contributed by atoms with Crippen molar-refractivity contribution < 1.29 is 17.9 Å². The van der Waals surface area contributed by atoms with Gasteiger partial charge in [0.15, 0.2) is 0 Å². The number of halogens is 1. The molecule has 9 heteroatoms. The number of pyridine rings is 1. The third-order valence-electron chi connectivity index (χ3n) is 4.34. The Morgan fingerprint density at radius 2 is 1.86 bits per heavy atom. The molecule has 7 nitrogen and oxygen atoms in total. The van der Waals surface area contributed by atoms with Crippen molar-refractivity contribution in [2.75, 3.05) is 0 Å². The van der Waals surface area contributed by atoms with Gasteiger partial charge in [0.2, 0.25) is 10.0 Å². The highest BCUT2D eigenvalue weighted by Crippen LogP contribution is 2.17. The molecule has 3 rings (SSSR count). The molecule has 1 aromatic carbocycles. The maximum atomic E-state index is 12.6. The molecule has 0 unspecified atom stereocenters. The number of fused-ring (bicyclic) bond motifs is 1. The number of benzene rings is 1. The van der Waals surface area contributed by atoms with Gasteiger partial charge in [0, 0.05) is 16.9 Å². The normalized spacial score (nSPS) is 13.0. The highest BCUT2D eigenvalue weighted by Gasteiger charge is 2.29. The van der Waals surface area contributed by atoms with E-state index in [0.717, 1.165) is 15.7 Å². The highest BCUT2D eigenvalue weighted by atomic mass is 79.9. The lowest BCUT2D eigenvalue weighted by molar-refractivity contribution is -0.148. The molecule has 1 N–H and O–H groups in total. The molecule has 2 aromatic heterocycles. The average molecular weight is 480 g/mol. The van der Waals surface area contributed by atoms with Gasteiger partial charge in [0.25, 0.3) is 0 Å². The fourth-order valence-corrected chi connectivity index (χ4v) is 4.36. The van der Waals surface area contributed by atoms with Gasteiger partial charge in [-0.1, -0.05) is 35.8 Å². The van der Waals surface area contributed by atoms with Crippen LogP contribution in [0.2, 0.25) is 0 Å². The first kappa shape index (κ1) is 21.5. The smallest absolute Gasteiger partial charge is 0.324 e. The number of nitrogens with zero attached hydrogens (tertiary/aromatic N) is 2. The molecule has 29 heavy (non-hydrogen) atoms. The summed E-state index contributed by atoms with van der Waals surface area (Å²) in [6.45, 7) is 5.44. The molecule has 0 spiro atoms. The third kappa shape index (κ3) is 5.23. The van der Waals surface area contributed by atoms with Crippen molar-refractivity contribution in [1.82, 2.24) is 14.1 Å². The van der Waals surface area contributed by atoms with Crippen molar-refractivity contribution in [2.45, 2.75) is 38.3 Å². The second kappa shape index (κ2) is 8.64. The Morgan fingerprint density at radius 3 is 2.52 bits per heavy atom. The molecule has 3 aromatic rings. The molecule has 0 saturated carbocycles. The van der Waals surface area contributed by atoms with E-state index in [1.54, 1.807) is 32.2 Å². The number of sulfonamides is 1. The zero-order valence-corrected chi connectivity index (χ0v) is 18.7. The first-order valence-corrected chi connectivity index (χ1v) is 11.3. The molecule has 1 atom stereocenters. The summed E-state index contributed by atoms with van der Waals surface area (Å²) < 4.78 is 35.7. The summed E-state index contributed by atoms with van der Waals surface area (Å²) in [5, 5.41) is 0. The van der Waals surface area contributed by atoms with E-state index in [1.165, 1.54) is 12.1 Å². The van der Waals surface area contributed by atoms with Crippen molar-refractivity contribution in [2.24, 2.45) is 5.92 Å². The van der Waals surface area contributed by atoms with Crippen LogP contribution in [0, 0.1) is 12.8 Å². The van der Waals surface area contributed by atoms with Crippen molar-refractivity contribution in [3.05, 3.63) is 64.5 Å². The van der Waals surface area contributed by atoms with E-state index in [-0.39, 0.29) is 17.4 Å². The predicted octanol–water partition coefficient (Wildman–Crippen LogP) is 3.45. The van der Waals surface area contributed by atoms with Gasteiger partial charge >= 0.3 is 5.97 Å². The first-order chi connectivity index (χ1) is 13.7. The van der Waals surface area contributed by atoms with Crippen molar-refractivity contribution in [1.29, 1.82) is 0 Å². The molecule has 0 bridgehead atoms. The fraction of sp³-hybridized carbons (Fsp3) is 0.300. The van der Waals surface area contributed by atoms with Crippen LogP contribution in [0.4, 0.5) is 0 Å². The molecule has 0 fully saturated rings. The van der Waals surface area contributed by atoms with Crippen LogP contribution >= 0.6 is 15.9 Å². The van der Waals surface area contributed by atoms with Crippen molar-refractivity contribution in [3.63, 3.8) is 0 Å². The number of carbonyl (C=O) groups excluding carboxylic acids is 1. The number of aryl methyl sites for hydroxylation is 1. The number of ether oxygens (including phenoxy) is 1. The monoisotopic (exact) mass is 479 g/mol. The van der Waals surface area contributed by atoms with E-state index >= 15 is 0 Å². The molecule has 0 aliphatic carbocycles. The molecule has 0 aliphatic rings. The topological polar surface area (TPSA) is 89.8 Å². The van der Waals surface area contributed by atoms with Gasteiger partial charge in [-0.25, -0.2) is 13.4 Å². The fourth-order valence-electron chi connectivity index (χ4n) is 2.77. The molecule has 2 heterocycles. The van der Waals surface area contributed by atoms with Crippen molar-refractivity contribution in [3.8, 4) is 0 Å². The second-order valence-electron chi connectivity index (χ2n) is 7.11. The Hall–Kier alpha value is -2.23. The summed E-state index contributed by atoms with van der Waals surface area (Å²) >= 11 is 3.27. The summed E-state index contributed by atoms with van der Waals surface area (Å²) in [6, 6.07) is 9.00. The lowest BCUT2D eigenvalue weighted by Gasteiger charge is -2.20. The predicted molar refractivity (Wildman–Crippen MR) is 113 cm³/mol. The highest BCUT2D eigenvalue weighted by molar-refractivity contribution is 9.10. The second-order valence-corrected chi connectivity index (χ2v) is 9.74. The molecule has 154 valence electrons. The summed E-state index contributed by atoms with van der Waals surface area (Å²) in [6.07, 6.45) is 3.71. The lowest BCUT2D eigenvalue weighted by atomic mass is 10.1. The van der Waals surface area contributed by atoms with Gasteiger partial charge in [-0.3, -0.25) is 4.79 Å². The summed E-state index contributed by atoms with van der Waals surface area (Å²) in [7, 11) is -3.87. The molecule has 0 amide bonds. The van der Waals surface area contributed by atoms with Crippen LogP contribution < -0.4 is 4.72 Å². The van der Waals surface area contributed by atoms with E-state index in [4.69, 9.17) is 4.74 Å². The zero-order chi connectivity index (χ0) is 21.2. The Bertz CT molecular complexity index is 1120. The Kier molecular flexibility index (Phi) is 6.40. The minimum absolute atomic E-state index is 0.0389. The minimum atomic E-state index is -3.87. The molecular formula is C20H22BrN3O4S. The zero-order valence-electron chi connectivity index (χ0n) is 16.3. The number of hydrogen-bond acceptors (Lipinski definition) is 5. The van der Waals surface area contributed by atoms with Crippen LogP contribution in [-0.4, -0.2) is 29.8 Å². The van der Waals surface area contributed by atoms with E-state index in [2.05, 4.69) is 25.6 Å². The van der Waals surface area contributed by atoms with Gasteiger partial charge in [0.05, 0.1) is 10.6 Å². The Labute approximate surface area is 178 Å². The number of esters is 1. The Balaban J connectivity index is 1.71. The number of hydrogen-bond donors (Lipinski definition) is 1. The first-order valence-electron chi connectivity index (χ1n) is 9.04. The molecule has 0 saturated heterocycles. The average Bonchev–Trinajstić information content (AvgIpc) is 3.06. The van der Waals surface area contributed by atoms with Gasteiger partial charge in [-0.2, -0.15) is 4.72 Å². The summed E-state index contributed by atoms with van der Waals surface area (Å²) in [5.41, 5.74) is 2.42. The van der Waals surface area contributed by atoms with Crippen LogP contribution in [0.5, 0.6) is 0 Å². The quantitative estimate of drug-likeness (QED) is 0.524. The maximum absolute atomic E-state index is 12.6. The molecular weight excluding hydrogens is 458 g/mol.